The lowest BCUT2D eigenvalue weighted by atomic mass is 10.1. The number of ether oxygens (including phenoxy) is 1. The smallest absolute Gasteiger partial charge is 0.220 e. The molecule has 0 bridgehead atoms. The summed E-state index contributed by atoms with van der Waals surface area (Å²) in [5, 5.41) is 2.81. The number of rotatable bonds is 11. The number of amides is 1. The van der Waals surface area contributed by atoms with E-state index in [-0.39, 0.29) is 30.3 Å². The number of Topliss-reactive ketones (excluding diaryl/α,β-unsaturated/α-hetero) is 1. The molecule has 0 fully saturated rings. The summed E-state index contributed by atoms with van der Waals surface area (Å²) < 4.78 is 19.0. The van der Waals surface area contributed by atoms with Crippen LogP contribution in [0.15, 0.2) is 48.5 Å². The standard InChI is InChI=1S/C22H27FN2O3/c1-3-28-18-11-9-17(10-12-18)21(26)13-14-22(27)24-15-6-16-25(2)20-8-5-4-7-19(20)23/h4-5,7-12H,3,6,13-16H2,1-2H3,(H,24,27). The van der Waals surface area contributed by atoms with Crippen molar-refractivity contribution in [3.05, 3.63) is 59.9 Å². The van der Waals surface area contributed by atoms with Gasteiger partial charge >= 0.3 is 0 Å². The summed E-state index contributed by atoms with van der Waals surface area (Å²) in [7, 11) is 1.82. The van der Waals surface area contributed by atoms with E-state index in [9.17, 15) is 14.0 Å². The minimum Gasteiger partial charge on any atom is -0.494 e. The molecule has 6 heteroatoms. The van der Waals surface area contributed by atoms with Gasteiger partial charge < -0.3 is 15.0 Å². The van der Waals surface area contributed by atoms with Gasteiger partial charge in [0.05, 0.1) is 12.3 Å². The Kier molecular flexibility index (Phi) is 8.46. The van der Waals surface area contributed by atoms with Crippen LogP contribution in [0.2, 0.25) is 0 Å². The van der Waals surface area contributed by atoms with E-state index in [1.54, 1.807) is 42.5 Å². The number of carbonyl (C=O) groups excluding carboxylic acids is 2. The summed E-state index contributed by atoms with van der Waals surface area (Å²) in [6.45, 7) is 3.57. The van der Waals surface area contributed by atoms with Crippen molar-refractivity contribution in [3.8, 4) is 5.75 Å². The van der Waals surface area contributed by atoms with Crippen LogP contribution in [0.3, 0.4) is 0 Å². The van der Waals surface area contributed by atoms with Crippen molar-refractivity contribution in [1.82, 2.24) is 5.32 Å². The van der Waals surface area contributed by atoms with E-state index in [0.29, 0.717) is 37.4 Å². The molecule has 0 atom stereocenters. The molecule has 0 unspecified atom stereocenters. The molecule has 28 heavy (non-hydrogen) atoms. The van der Waals surface area contributed by atoms with Gasteiger partial charge in [-0.25, -0.2) is 4.39 Å². The Hall–Kier alpha value is -2.89. The third-order valence-corrected chi connectivity index (χ3v) is 4.32. The number of carbonyl (C=O) groups is 2. The lowest BCUT2D eigenvalue weighted by molar-refractivity contribution is -0.121. The predicted octanol–water partition coefficient (Wildman–Crippen LogP) is 3.83. The number of ketones is 1. The highest BCUT2D eigenvalue weighted by molar-refractivity contribution is 5.98. The molecule has 0 aromatic heterocycles. The van der Waals surface area contributed by atoms with E-state index in [4.69, 9.17) is 4.74 Å². The summed E-state index contributed by atoms with van der Waals surface area (Å²) in [6.07, 6.45) is 0.994. The maximum absolute atomic E-state index is 13.7. The Morgan fingerprint density at radius 1 is 1.07 bits per heavy atom. The molecule has 1 N–H and O–H groups in total. The molecule has 2 aromatic rings. The number of halogens is 1. The maximum atomic E-state index is 13.7. The molecule has 1 amide bonds. The third-order valence-electron chi connectivity index (χ3n) is 4.32. The van der Waals surface area contributed by atoms with Crippen molar-refractivity contribution in [2.45, 2.75) is 26.2 Å². The monoisotopic (exact) mass is 386 g/mol. The molecule has 0 heterocycles. The summed E-state index contributed by atoms with van der Waals surface area (Å²) in [5.74, 6) is 0.226. The molecule has 2 rings (SSSR count). The molecule has 0 aliphatic rings. The first-order chi connectivity index (χ1) is 13.5. The van der Waals surface area contributed by atoms with Gasteiger partial charge in [-0.05, 0) is 49.7 Å². The number of nitrogens with zero attached hydrogens (tertiary/aromatic N) is 1. The van der Waals surface area contributed by atoms with E-state index in [1.165, 1.54) is 6.07 Å². The Balaban J connectivity index is 1.65. The molecule has 0 saturated heterocycles. The molecule has 5 nitrogen and oxygen atoms in total. The maximum Gasteiger partial charge on any atom is 0.220 e. The highest BCUT2D eigenvalue weighted by Crippen LogP contribution is 2.17. The highest BCUT2D eigenvalue weighted by Gasteiger charge is 2.10. The zero-order valence-electron chi connectivity index (χ0n) is 16.4. The Morgan fingerprint density at radius 2 is 1.79 bits per heavy atom. The van der Waals surface area contributed by atoms with Gasteiger partial charge in [-0.2, -0.15) is 0 Å². The summed E-state index contributed by atoms with van der Waals surface area (Å²) >= 11 is 0. The second kappa shape index (κ2) is 11.1. The number of anilines is 1. The number of para-hydroxylation sites is 1. The third kappa shape index (κ3) is 6.68. The Bertz CT molecular complexity index is 778. The van der Waals surface area contributed by atoms with Gasteiger partial charge in [-0.1, -0.05) is 12.1 Å². The first-order valence-electron chi connectivity index (χ1n) is 9.49. The molecule has 2 aromatic carbocycles. The van der Waals surface area contributed by atoms with E-state index in [0.717, 1.165) is 5.75 Å². The van der Waals surface area contributed by atoms with Crippen LogP contribution < -0.4 is 15.0 Å². The van der Waals surface area contributed by atoms with Crippen LogP contribution in [0.1, 0.15) is 36.5 Å². The fraction of sp³-hybridized carbons (Fsp3) is 0.364. The van der Waals surface area contributed by atoms with Crippen LogP contribution in [-0.4, -0.2) is 38.4 Å². The van der Waals surface area contributed by atoms with Crippen LogP contribution in [-0.2, 0) is 4.79 Å². The number of hydrogen-bond acceptors (Lipinski definition) is 4. The minimum absolute atomic E-state index is 0.0718. The van der Waals surface area contributed by atoms with Crippen LogP contribution in [0.4, 0.5) is 10.1 Å². The second-order valence-corrected chi connectivity index (χ2v) is 6.46. The van der Waals surface area contributed by atoms with Gasteiger partial charge in [0.2, 0.25) is 5.91 Å². The van der Waals surface area contributed by atoms with Gasteiger partial charge in [0, 0.05) is 38.5 Å². The second-order valence-electron chi connectivity index (χ2n) is 6.46. The largest absolute Gasteiger partial charge is 0.494 e. The normalized spacial score (nSPS) is 10.4. The summed E-state index contributed by atoms with van der Waals surface area (Å²) in [6, 6.07) is 13.5. The molecule has 0 aliphatic heterocycles. The SMILES string of the molecule is CCOc1ccc(C(=O)CCC(=O)NCCCN(C)c2ccccc2F)cc1. The summed E-state index contributed by atoms with van der Waals surface area (Å²) in [4.78, 5) is 25.9. The first-order valence-corrected chi connectivity index (χ1v) is 9.49. The van der Waals surface area contributed by atoms with Gasteiger partial charge in [0.25, 0.3) is 0 Å². The van der Waals surface area contributed by atoms with Gasteiger partial charge in [-0.15, -0.1) is 0 Å². The predicted molar refractivity (Wildman–Crippen MR) is 108 cm³/mol. The van der Waals surface area contributed by atoms with Crippen LogP contribution in [0.5, 0.6) is 5.75 Å². The van der Waals surface area contributed by atoms with Crippen molar-refractivity contribution < 1.29 is 18.7 Å². The zero-order chi connectivity index (χ0) is 20.4. The van der Waals surface area contributed by atoms with Crippen LogP contribution >= 0.6 is 0 Å². The quantitative estimate of drug-likeness (QED) is 0.471. The molecule has 0 aliphatic carbocycles. The molecule has 0 saturated carbocycles. The van der Waals surface area contributed by atoms with Crippen molar-refractivity contribution in [2.24, 2.45) is 0 Å². The fourth-order valence-corrected chi connectivity index (χ4v) is 2.79. The Labute approximate surface area is 165 Å². The van der Waals surface area contributed by atoms with E-state index >= 15 is 0 Å². The van der Waals surface area contributed by atoms with Crippen molar-refractivity contribution in [1.29, 1.82) is 0 Å². The number of hydrogen-bond donors (Lipinski definition) is 1. The molecule has 150 valence electrons. The van der Waals surface area contributed by atoms with Gasteiger partial charge in [-0.3, -0.25) is 9.59 Å². The van der Waals surface area contributed by atoms with Crippen LogP contribution in [0, 0.1) is 5.82 Å². The summed E-state index contributed by atoms with van der Waals surface area (Å²) in [5.41, 5.74) is 1.11. The van der Waals surface area contributed by atoms with E-state index in [1.807, 2.05) is 18.9 Å². The van der Waals surface area contributed by atoms with Crippen molar-refractivity contribution >= 4 is 17.4 Å². The van der Waals surface area contributed by atoms with Crippen molar-refractivity contribution in [3.63, 3.8) is 0 Å². The average Bonchev–Trinajstić information content (AvgIpc) is 2.70. The van der Waals surface area contributed by atoms with Gasteiger partial charge in [0.15, 0.2) is 5.78 Å². The van der Waals surface area contributed by atoms with Gasteiger partial charge in [0.1, 0.15) is 11.6 Å². The highest BCUT2D eigenvalue weighted by atomic mass is 19.1. The fourth-order valence-electron chi connectivity index (χ4n) is 2.79. The Morgan fingerprint density at radius 3 is 2.46 bits per heavy atom. The topological polar surface area (TPSA) is 58.6 Å². The molecule has 0 radical (unpaired) electrons. The molecular weight excluding hydrogens is 359 g/mol. The zero-order valence-corrected chi connectivity index (χ0v) is 16.4. The lowest BCUT2D eigenvalue weighted by Crippen LogP contribution is -2.28. The lowest BCUT2D eigenvalue weighted by Gasteiger charge is -2.19. The number of nitrogens with one attached hydrogen (secondary N) is 1. The first kappa shape index (κ1) is 21.4. The van der Waals surface area contributed by atoms with Crippen molar-refractivity contribution in [2.75, 3.05) is 31.6 Å². The van der Waals surface area contributed by atoms with E-state index < -0.39 is 0 Å². The molecular formula is C22H27FN2O3. The number of benzene rings is 2. The molecule has 0 spiro atoms. The minimum atomic E-state index is -0.262. The average molecular weight is 386 g/mol. The van der Waals surface area contributed by atoms with E-state index in [2.05, 4.69) is 5.32 Å². The van der Waals surface area contributed by atoms with Crippen LogP contribution in [0.25, 0.3) is 0 Å².